The first kappa shape index (κ1) is 14.0. The smallest absolute Gasteiger partial charge is 0.308 e. The highest BCUT2D eigenvalue weighted by molar-refractivity contribution is 5.87. The molecule has 0 bridgehead atoms. The second-order valence-corrected chi connectivity index (χ2v) is 5.14. The lowest BCUT2D eigenvalue weighted by Crippen LogP contribution is -2.54. The average molecular weight is 242 g/mol. The van der Waals surface area contributed by atoms with Gasteiger partial charge in [0.25, 0.3) is 0 Å². The van der Waals surface area contributed by atoms with Crippen LogP contribution in [0.1, 0.15) is 40.0 Å². The van der Waals surface area contributed by atoms with Crippen LogP contribution in [0, 0.1) is 5.92 Å². The number of carbonyl (C=O) groups is 2. The van der Waals surface area contributed by atoms with Gasteiger partial charge in [0.1, 0.15) is 0 Å². The Hall–Kier alpha value is -1.10. The van der Waals surface area contributed by atoms with E-state index in [0.717, 1.165) is 6.42 Å². The van der Waals surface area contributed by atoms with E-state index in [1.807, 2.05) is 6.92 Å². The molecule has 0 aliphatic carbocycles. The summed E-state index contributed by atoms with van der Waals surface area (Å²) in [6.45, 7) is 5.98. The zero-order valence-electron chi connectivity index (χ0n) is 10.8. The van der Waals surface area contributed by atoms with E-state index in [4.69, 9.17) is 10.8 Å². The van der Waals surface area contributed by atoms with Crippen molar-refractivity contribution >= 4 is 11.9 Å². The summed E-state index contributed by atoms with van der Waals surface area (Å²) < 4.78 is 0. The molecule has 0 saturated carbocycles. The Morgan fingerprint density at radius 1 is 1.53 bits per heavy atom. The van der Waals surface area contributed by atoms with Gasteiger partial charge in [-0.1, -0.05) is 13.3 Å². The molecule has 1 fully saturated rings. The van der Waals surface area contributed by atoms with Gasteiger partial charge in [-0.05, 0) is 26.7 Å². The lowest BCUT2D eigenvalue weighted by atomic mass is 9.95. The van der Waals surface area contributed by atoms with Crippen LogP contribution in [0.4, 0.5) is 0 Å². The van der Waals surface area contributed by atoms with Gasteiger partial charge in [0.05, 0.1) is 11.5 Å². The van der Waals surface area contributed by atoms with Crippen LogP contribution >= 0.6 is 0 Å². The molecule has 5 heteroatoms. The number of likely N-dealkylation sites (tertiary alicyclic amines) is 1. The Balaban J connectivity index is 2.75. The van der Waals surface area contributed by atoms with Crippen LogP contribution in [-0.4, -0.2) is 40.0 Å². The van der Waals surface area contributed by atoms with Gasteiger partial charge in [0.15, 0.2) is 0 Å². The first-order valence-corrected chi connectivity index (χ1v) is 6.14. The van der Waals surface area contributed by atoms with Crippen molar-refractivity contribution in [3.05, 3.63) is 0 Å². The summed E-state index contributed by atoms with van der Waals surface area (Å²) in [6, 6.07) is -0.264. The largest absolute Gasteiger partial charge is 0.481 e. The fourth-order valence-electron chi connectivity index (χ4n) is 2.51. The maximum atomic E-state index is 12.2. The minimum Gasteiger partial charge on any atom is -0.481 e. The number of carboxylic acids is 1. The number of rotatable bonds is 4. The van der Waals surface area contributed by atoms with Gasteiger partial charge in [-0.2, -0.15) is 0 Å². The second kappa shape index (κ2) is 5.04. The third kappa shape index (κ3) is 2.77. The van der Waals surface area contributed by atoms with Gasteiger partial charge >= 0.3 is 5.97 Å². The molecule has 0 aromatic carbocycles. The fraction of sp³-hybridized carbons (Fsp3) is 0.833. The minimum atomic E-state index is -0.879. The SMILES string of the molecule is CCCC(C)(N)C(=O)N1CCC(C(=O)O)C1C. The minimum absolute atomic E-state index is 0.129. The molecule has 0 radical (unpaired) electrons. The Labute approximate surface area is 102 Å². The molecule has 1 saturated heterocycles. The van der Waals surface area contributed by atoms with Gasteiger partial charge in [-0.3, -0.25) is 9.59 Å². The molecular weight excluding hydrogens is 220 g/mol. The molecular formula is C12H22N2O3. The van der Waals surface area contributed by atoms with Crippen molar-refractivity contribution < 1.29 is 14.7 Å². The first-order valence-electron chi connectivity index (χ1n) is 6.14. The summed E-state index contributed by atoms with van der Waals surface area (Å²) in [6.07, 6.45) is 1.97. The molecule has 3 N–H and O–H groups in total. The van der Waals surface area contributed by atoms with E-state index in [2.05, 4.69) is 0 Å². The molecule has 3 atom stereocenters. The summed E-state index contributed by atoms with van der Waals surface area (Å²) in [5, 5.41) is 9.02. The maximum absolute atomic E-state index is 12.2. The molecule has 17 heavy (non-hydrogen) atoms. The summed E-state index contributed by atoms with van der Waals surface area (Å²) in [7, 11) is 0. The molecule has 0 aromatic rings. The molecule has 98 valence electrons. The number of hydrogen-bond donors (Lipinski definition) is 2. The average Bonchev–Trinajstić information content (AvgIpc) is 2.58. The number of amides is 1. The number of hydrogen-bond acceptors (Lipinski definition) is 3. The Bertz CT molecular complexity index is 315. The predicted octanol–water partition coefficient (Wildman–Crippen LogP) is 0.825. The molecule has 3 unspecified atom stereocenters. The molecule has 5 nitrogen and oxygen atoms in total. The third-order valence-electron chi connectivity index (χ3n) is 3.59. The van der Waals surface area contributed by atoms with Crippen molar-refractivity contribution in [2.75, 3.05) is 6.54 Å². The maximum Gasteiger partial charge on any atom is 0.308 e. The van der Waals surface area contributed by atoms with Crippen LogP contribution < -0.4 is 5.73 Å². The van der Waals surface area contributed by atoms with Gasteiger partial charge in [0, 0.05) is 12.6 Å². The van der Waals surface area contributed by atoms with Crippen LogP contribution in [0.5, 0.6) is 0 Å². The van der Waals surface area contributed by atoms with E-state index < -0.39 is 17.4 Å². The molecule has 1 aliphatic heterocycles. The van der Waals surface area contributed by atoms with Crippen molar-refractivity contribution in [1.29, 1.82) is 0 Å². The number of carboxylic acid groups (broad SMARTS) is 1. The standard InChI is InChI=1S/C12H22N2O3/c1-4-6-12(3,13)11(17)14-7-5-9(8(14)2)10(15)16/h8-9H,4-7,13H2,1-3H3,(H,15,16). The van der Waals surface area contributed by atoms with E-state index in [9.17, 15) is 9.59 Å². The summed E-state index contributed by atoms with van der Waals surface area (Å²) in [5.41, 5.74) is 5.12. The lowest BCUT2D eigenvalue weighted by Gasteiger charge is -2.32. The quantitative estimate of drug-likeness (QED) is 0.764. The van der Waals surface area contributed by atoms with Gasteiger partial charge in [-0.25, -0.2) is 0 Å². The van der Waals surface area contributed by atoms with Crippen molar-refractivity contribution in [3.63, 3.8) is 0 Å². The van der Waals surface area contributed by atoms with Crippen LogP contribution in [0.2, 0.25) is 0 Å². The van der Waals surface area contributed by atoms with Crippen LogP contribution in [-0.2, 0) is 9.59 Å². The van der Waals surface area contributed by atoms with Crippen molar-refractivity contribution in [3.8, 4) is 0 Å². The summed E-state index contributed by atoms with van der Waals surface area (Å²) in [4.78, 5) is 24.8. The number of nitrogens with two attached hydrogens (primary N) is 1. The molecule has 1 aliphatic rings. The zero-order chi connectivity index (χ0) is 13.2. The molecule has 0 aromatic heterocycles. The van der Waals surface area contributed by atoms with Gasteiger partial charge in [0.2, 0.25) is 5.91 Å². The predicted molar refractivity (Wildman–Crippen MR) is 64.4 cm³/mol. The first-order chi connectivity index (χ1) is 7.81. The number of nitrogens with zero attached hydrogens (tertiary/aromatic N) is 1. The van der Waals surface area contributed by atoms with Gasteiger partial charge < -0.3 is 15.7 Å². The highest BCUT2D eigenvalue weighted by Gasteiger charge is 2.42. The zero-order valence-corrected chi connectivity index (χ0v) is 10.8. The molecule has 1 heterocycles. The van der Waals surface area contributed by atoms with Crippen LogP contribution in [0.25, 0.3) is 0 Å². The van der Waals surface area contributed by atoms with Crippen LogP contribution in [0.3, 0.4) is 0 Å². The molecule has 1 amide bonds. The number of aliphatic carboxylic acids is 1. The Morgan fingerprint density at radius 2 is 2.12 bits per heavy atom. The number of carbonyl (C=O) groups excluding carboxylic acids is 1. The summed E-state index contributed by atoms with van der Waals surface area (Å²) in [5.74, 6) is -1.42. The van der Waals surface area contributed by atoms with E-state index >= 15 is 0 Å². The molecule has 1 rings (SSSR count). The van der Waals surface area contributed by atoms with E-state index in [1.165, 1.54) is 0 Å². The normalized spacial score (nSPS) is 27.9. The fourth-order valence-corrected chi connectivity index (χ4v) is 2.51. The topological polar surface area (TPSA) is 83.6 Å². The monoisotopic (exact) mass is 242 g/mol. The Morgan fingerprint density at radius 3 is 2.53 bits per heavy atom. The van der Waals surface area contributed by atoms with E-state index in [1.54, 1.807) is 18.7 Å². The molecule has 0 spiro atoms. The summed E-state index contributed by atoms with van der Waals surface area (Å²) >= 11 is 0. The van der Waals surface area contributed by atoms with Crippen LogP contribution in [0.15, 0.2) is 0 Å². The Kier molecular flexibility index (Phi) is 4.14. The lowest BCUT2D eigenvalue weighted by molar-refractivity contribution is -0.144. The second-order valence-electron chi connectivity index (χ2n) is 5.14. The van der Waals surface area contributed by atoms with Crippen molar-refractivity contribution in [1.82, 2.24) is 4.90 Å². The van der Waals surface area contributed by atoms with E-state index in [0.29, 0.717) is 19.4 Å². The van der Waals surface area contributed by atoms with Gasteiger partial charge in [-0.15, -0.1) is 0 Å². The highest BCUT2D eigenvalue weighted by Crippen LogP contribution is 2.27. The highest BCUT2D eigenvalue weighted by atomic mass is 16.4. The van der Waals surface area contributed by atoms with Crippen molar-refractivity contribution in [2.45, 2.75) is 51.6 Å². The third-order valence-corrected chi connectivity index (χ3v) is 3.59. The van der Waals surface area contributed by atoms with Crippen molar-refractivity contribution in [2.24, 2.45) is 11.7 Å². The van der Waals surface area contributed by atoms with E-state index in [-0.39, 0.29) is 11.9 Å².